The van der Waals surface area contributed by atoms with Crippen LogP contribution in [0.2, 0.25) is 0 Å². The molecule has 1 aromatic carbocycles. The van der Waals surface area contributed by atoms with E-state index in [0.29, 0.717) is 12.0 Å². The smallest absolute Gasteiger partial charge is 0.0991 e. The van der Waals surface area contributed by atoms with Crippen molar-refractivity contribution in [1.82, 2.24) is 4.90 Å². The zero-order valence-electron chi connectivity index (χ0n) is 12.7. The second-order valence-corrected chi connectivity index (χ2v) is 5.61. The molecule has 0 bridgehead atoms. The van der Waals surface area contributed by atoms with Gasteiger partial charge >= 0.3 is 0 Å². The largest absolute Gasteiger partial charge is 0.296 e. The summed E-state index contributed by atoms with van der Waals surface area (Å²) in [5, 5.41) is 8.98. The third kappa shape index (κ3) is 5.04. The minimum Gasteiger partial charge on any atom is -0.296 e. The van der Waals surface area contributed by atoms with Gasteiger partial charge in [0.1, 0.15) is 0 Å². The van der Waals surface area contributed by atoms with E-state index in [1.807, 2.05) is 18.2 Å². The van der Waals surface area contributed by atoms with E-state index in [-0.39, 0.29) is 0 Å². The van der Waals surface area contributed by atoms with Crippen LogP contribution in [0.4, 0.5) is 0 Å². The monoisotopic (exact) mass is 258 g/mol. The lowest BCUT2D eigenvalue weighted by Gasteiger charge is -2.32. The van der Waals surface area contributed by atoms with Gasteiger partial charge in [-0.1, -0.05) is 39.8 Å². The fourth-order valence-electron chi connectivity index (χ4n) is 2.59. The molecule has 104 valence electrons. The fraction of sp³-hybridized carbons (Fsp3) is 0.588. The van der Waals surface area contributed by atoms with Gasteiger partial charge in [-0.2, -0.15) is 5.26 Å². The van der Waals surface area contributed by atoms with Crippen LogP contribution in [-0.2, 0) is 6.54 Å². The molecule has 0 N–H and O–H groups in total. The fourth-order valence-corrected chi connectivity index (χ4v) is 2.59. The summed E-state index contributed by atoms with van der Waals surface area (Å²) >= 11 is 0. The molecule has 0 amide bonds. The molecule has 0 aliphatic carbocycles. The minimum atomic E-state index is 0.633. The summed E-state index contributed by atoms with van der Waals surface area (Å²) in [5.41, 5.74) is 2.00. The van der Waals surface area contributed by atoms with Gasteiger partial charge in [-0.05, 0) is 36.5 Å². The molecule has 1 rings (SSSR count). The maximum absolute atomic E-state index is 8.98. The van der Waals surface area contributed by atoms with E-state index in [1.165, 1.54) is 18.4 Å². The predicted octanol–water partition coefficient (Wildman–Crippen LogP) is 4.20. The molecule has 0 aromatic heterocycles. The first kappa shape index (κ1) is 15.7. The van der Waals surface area contributed by atoms with Crippen LogP contribution >= 0.6 is 0 Å². The van der Waals surface area contributed by atoms with Crippen LogP contribution in [-0.4, -0.2) is 17.5 Å². The van der Waals surface area contributed by atoms with Gasteiger partial charge in [-0.25, -0.2) is 0 Å². The molecular weight excluding hydrogens is 232 g/mol. The SMILES string of the molecule is CCC(CC)N(Cc1cccc(C#N)c1)CC(C)C. The first-order valence-corrected chi connectivity index (χ1v) is 7.33. The third-order valence-electron chi connectivity index (χ3n) is 3.50. The van der Waals surface area contributed by atoms with Crippen LogP contribution in [0, 0.1) is 17.2 Å². The zero-order valence-corrected chi connectivity index (χ0v) is 12.7. The molecule has 0 saturated heterocycles. The quantitative estimate of drug-likeness (QED) is 0.732. The second-order valence-electron chi connectivity index (χ2n) is 5.61. The number of benzene rings is 1. The molecule has 2 heteroatoms. The van der Waals surface area contributed by atoms with Crippen LogP contribution in [0.3, 0.4) is 0 Å². The molecular formula is C17H26N2. The molecule has 1 aromatic rings. The number of rotatable bonds is 7. The Morgan fingerprint density at radius 2 is 1.89 bits per heavy atom. The van der Waals surface area contributed by atoms with E-state index in [4.69, 9.17) is 5.26 Å². The van der Waals surface area contributed by atoms with E-state index in [1.54, 1.807) is 0 Å². The molecule has 0 aliphatic heterocycles. The van der Waals surface area contributed by atoms with E-state index in [9.17, 15) is 0 Å². The molecule has 0 radical (unpaired) electrons. The van der Waals surface area contributed by atoms with Gasteiger partial charge in [0.25, 0.3) is 0 Å². The summed E-state index contributed by atoms with van der Waals surface area (Å²) in [4.78, 5) is 2.56. The molecule has 0 unspecified atom stereocenters. The molecule has 0 spiro atoms. The second kappa shape index (κ2) is 7.96. The molecule has 0 aliphatic rings. The van der Waals surface area contributed by atoms with Crippen molar-refractivity contribution in [1.29, 1.82) is 5.26 Å². The number of hydrogen-bond donors (Lipinski definition) is 0. The van der Waals surface area contributed by atoms with Crippen molar-refractivity contribution >= 4 is 0 Å². The Balaban J connectivity index is 2.83. The van der Waals surface area contributed by atoms with Crippen molar-refractivity contribution in [2.45, 2.75) is 53.1 Å². The van der Waals surface area contributed by atoms with Crippen LogP contribution in [0.5, 0.6) is 0 Å². The van der Waals surface area contributed by atoms with Crippen molar-refractivity contribution in [2.75, 3.05) is 6.54 Å². The number of hydrogen-bond acceptors (Lipinski definition) is 2. The van der Waals surface area contributed by atoms with Crippen molar-refractivity contribution in [3.05, 3.63) is 35.4 Å². The topological polar surface area (TPSA) is 27.0 Å². The highest BCUT2D eigenvalue weighted by molar-refractivity contribution is 5.32. The highest BCUT2D eigenvalue weighted by Crippen LogP contribution is 2.16. The van der Waals surface area contributed by atoms with Crippen molar-refractivity contribution in [2.24, 2.45) is 5.92 Å². The third-order valence-corrected chi connectivity index (χ3v) is 3.50. The van der Waals surface area contributed by atoms with Crippen LogP contribution in [0.25, 0.3) is 0 Å². The average Bonchev–Trinajstić information content (AvgIpc) is 2.39. The zero-order chi connectivity index (χ0) is 14.3. The Morgan fingerprint density at radius 3 is 2.42 bits per heavy atom. The predicted molar refractivity (Wildman–Crippen MR) is 80.8 cm³/mol. The molecule has 2 nitrogen and oxygen atoms in total. The van der Waals surface area contributed by atoms with E-state index in [0.717, 1.165) is 18.7 Å². The Labute approximate surface area is 118 Å². The minimum absolute atomic E-state index is 0.633. The standard InChI is InChI=1S/C17H26N2/c1-5-17(6-2)19(12-14(3)4)13-16-9-7-8-15(10-16)11-18/h7-10,14,17H,5-6,12-13H2,1-4H3. The summed E-state index contributed by atoms with van der Waals surface area (Å²) in [6, 6.07) is 10.8. The van der Waals surface area contributed by atoms with Crippen LogP contribution in [0.1, 0.15) is 51.7 Å². The lowest BCUT2D eigenvalue weighted by molar-refractivity contribution is 0.157. The number of nitriles is 1. The van der Waals surface area contributed by atoms with Gasteiger partial charge in [-0.3, -0.25) is 4.90 Å². The number of nitrogens with zero attached hydrogens (tertiary/aromatic N) is 2. The lowest BCUT2D eigenvalue weighted by Crippen LogP contribution is -2.36. The van der Waals surface area contributed by atoms with Crippen LogP contribution in [0.15, 0.2) is 24.3 Å². The van der Waals surface area contributed by atoms with Gasteiger partial charge in [0, 0.05) is 19.1 Å². The van der Waals surface area contributed by atoms with Gasteiger partial charge in [0.2, 0.25) is 0 Å². The Morgan fingerprint density at radius 1 is 1.21 bits per heavy atom. The Hall–Kier alpha value is -1.33. The molecule has 0 saturated carbocycles. The summed E-state index contributed by atoms with van der Waals surface area (Å²) < 4.78 is 0. The Bertz CT molecular complexity index is 414. The van der Waals surface area contributed by atoms with E-state index in [2.05, 4.69) is 44.7 Å². The van der Waals surface area contributed by atoms with Crippen molar-refractivity contribution in [3.8, 4) is 6.07 Å². The summed E-state index contributed by atoms with van der Waals surface area (Å²) in [6.07, 6.45) is 2.36. The van der Waals surface area contributed by atoms with Gasteiger partial charge in [0.05, 0.1) is 11.6 Å². The normalized spacial score (nSPS) is 11.3. The van der Waals surface area contributed by atoms with Crippen molar-refractivity contribution < 1.29 is 0 Å². The van der Waals surface area contributed by atoms with Gasteiger partial charge < -0.3 is 0 Å². The maximum atomic E-state index is 8.98. The van der Waals surface area contributed by atoms with Crippen molar-refractivity contribution in [3.63, 3.8) is 0 Å². The molecule has 0 atom stereocenters. The molecule has 19 heavy (non-hydrogen) atoms. The first-order chi connectivity index (χ1) is 9.10. The average molecular weight is 258 g/mol. The van der Waals surface area contributed by atoms with Gasteiger partial charge in [-0.15, -0.1) is 0 Å². The highest BCUT2D eigenvalue weighted by Gasteiger charge is 2.16. The van der Waals surface area contributed by atoms with E-state index < -0.39 is 0 Å². The molecule has 0 fully saturated rings. The van der Waals surface area contributed by atoms with Crippen LogP contribution < -0.4 is 0 Å². The highest BCUT2D eigenvalue weighted by atomic mass is 15.2. The molecule has 0 heterocycles. The maximum Gasteiger partial charge on any atom is 0.0991 e. The Kier molecular flexibility index (Phi) is 6.59. The summed E-state index contributed by atoms with van der Waals surface area (Å²) in [7, 11) is 0. The summed E-state index contributed by atoms with van der Waals surface area (Å²) in [6.45, 7) is 11.1. The first-order valence-electron chi connectivity index (χ1n) is 7.33. The summed E-state index contributed by atoms with van der Waals surface area (Å²) in [5.74, 6) is 0.666. The lowest BCUT2D eigenvalue weighted by atomic mass is 10.0. The van der Waals surface area contributed by atoms with E-state index >= 15 is 0 Å². The van der Waals surface area contributed by atoms with Gasteiger partial charge in [0.15, 0.2) is 0 Å².